The van der Waals surface area contributed by atoms with E-state index >= 15 is 0 Å². The van der Waals surface area contributed by atoms with Gasteiger partial charge < -0.3 is 10.8 Å². The number of rotatable bonds is 2. The molecule has 0 amide bonds. The van der Waals surface area contributed by atoms with E-state index in [1.165, 1.54) is 4.88 Å². The highest BCUT2D eigenvalue weighted by Crippen LogP contribution is 2.18. The Bertz CT molecular complexity index is 209. The van der Waals surface area contributed by atoms with Crippen molar-refractivity contribution < 1.29 is 5.11 Å². The third kappa shape index (κ3) is 1.56. The van der Waals surface area contributed by atoms with Gasteiger partial charge in [0.1, 0.15) is 0 Å². The molecule has 1 rings (SSSR count). The lowest BCUT2D eigenvalue weighted by Gasteiger charge is -2.02. The summed E-state index contributed by atoms with van der Waals surface area (Å²) in [6, 6.07) is 1.96. The third-order valence-electron chi connectivity index (χ3n) is 1.36. The standard InChI is InChI=1S/C7H11NOS/c1-5-2-6(4-10-5)7(9)3-8/h2,4,7,9H,3,8H2,1H3/t7-/m1/s1. The summed E-state index contributed by atoms with van der Waals surface area (Å²) in [6.45, 7) is 2.31. The minimum Gasteiger partial charge on any atom is -0.387 e. The molecule has 0 bridgehead atoms. The Morgan fingerprint density at radius 3 is 2.90 bits per heavy atom. The molecule has 0 saturated heterocycles. The van der Waals surface area contributed by atoms with Gasteiger partial charge in [-0.3, -0.25) is 0 Å². The molecule has 0 saturated carbocycles. The second kappa shape index (κ2) is 3.14. The molecule has 1 aromatic rings. The van der Waals surface area contributed by atoms with Gasteiger partial charge in [-0.15, -0.1) is 11.3 Å². The van der Waals surface area contributed by atoms with E-state index in [2.05, 4.69) is 0 Å². The van der Waals surface area contributed by atoms with Crippen LogP contribution in [0.4, 0.5) is 0 Å². The molecule has 0 fully saturated rings. The molecule has 0 radical (unpaired) electrons. The number of hydrogen-bond acceptors (Lipinski definition) is 3. The van der Waals surface area contributed by atoms with Crippen molar-refractivity contribution in [1.29, 1.82) is 0 Å². The largest absolute Gasteiger partial charge is 0.387 e. The maximum atomic E-state index is 9.22. The molecule has 0 unspecified atom stereocenters. The van der Waals surface area contributed by atoms with Gasteiger partial charge in [0, 0.05) is 11.4 Å². The van der Waals surface area contributed by atoms with E-state index in [4.69, 9.17) is 5.73 Å². The number of aliphatic hydroxyl groups excluding tert-OH is 1. The average molecular weight is 157 g/mol. The van der Waals surface area contributed by atoms with Gasteiger partial charge in [-0.25, -0.2) is 0 Å². The van der Waals surface area contributed by atoms with Gasteiger partial charge in [0.05, 0.1) is 6.10 Å². The number of nitrogens with two attached hydrogens (primary N) is 1. The molecular weight excluding hydrogens is 146 g/mol. The van der Waals surface area contributed by atoms with Crippen molar-refractivity contribution in [2.75, 3.05) is 6.54 Å². The SMILES string of the molecule is Cc1cc([C@H](O)CN)cs1. The van der Waals surface area contributed by atoms with Crippen molar-refractivity contribution in [3.8, 4) is 0 Å². The van der Waals surface area contributed by atoms with E-state index in [9.17, 15) is 5.11 Å². The average Bonchev–Trinajstić information content (AvgIpc) is 2.34. The zero-order chi connectivity index (χ0) is 7.56. The maximum Gasteiger partial charge on any atom is 0.0920 e. The molecular formula is C7H11NOS. The summed E-state index contributed by atoms with van der Waals surface area (Å²) in [6.07, 6.45) is -0.482. The van der Waals surface area contributed by atoms with E-state index in [1.807, 2.05) is 18.4 Å². The Kier molecular flexibility index (Phi) is 2.43. The summed E-state index contributed by atoms with van der Waals surface area (Å²) >= 11 is 1.63. The van der Waals surface area contributed by atoms with Crippen molar-refractivity contribution >= 4 is 11.3 Å². The fourth-order valence-corrected chi connectivity index (χ4v) is 1.53. The zero-order valence-corrected chi connectivity index (χ0v) is 6.69. The van der Waals surface area contributed by atoms with Crippen LogP contribution in [-0.4, -0.2) is 11.7 Å². The minimum atomic E-state index is -0.482. The van der Waals surface area contributed by atoms with Crippen molar-refractivity contribution in [2.45, 2.75) is 13.0 Å². The molecule has 1 aromatic heterocycles. The summed E-state index contributed by atoms with van der Waals surface area (Å²) in [7, 11) is 0. The molecule has 10 heavy (non-hydrogen) atoms. The second-order valence-electron chi connectivity index (χ2n) is 2.24. The van der Waals surface area contributed by atoms with Crippen LogP contribution < -0.4 is 5.73 Å². The lowest BCUT2D eigenvalue weighted by Crippen LogP contribution is -2.10. The van der Waals surface area contributed by atoms with E-state index in [-0.39, 0.29) is 0 Å². The number of aryl methyl sites for hydroxylation is 1. The van der Waals surface area contributed by atoms with Gasteiger partial charge in [-0.2, -0.15) is 0 Å². The van der Waals surface area contributed by atoms with Crippen LogP contribution in [0.3, 0.4) is 0 Å². The second-order valence-corrected chi connectivity index (χ2v) is 3.36. The molecule has 1 heterocycles. The molecule has 1 atom stereocenters. The van der Waals surface area contributed by atoms with E-state index in [1.54, 1.807) is 11.3 Å². The van der Waals surface area contributed by atoms with Gasteiger partial charge in [-0.05, 0) is 23.9 Å². The van der Waals surface area contributed by atoms with Crippen LogP contribution in [-0.2, 0) is 0 Å². The maximum absolute atomic E-state index is 9.22. The first kappa shape index (κ1) is 7.72. The van der Waals surface area contributed by atoms with Crippen LogP contribution in [0.1, 0.15) is 16.5 Å². The normalized spacial score (nSPS) is 13.5. The van der Waals surface area contributed by atoms with Gasteiger partial charge in [0.2, 0.25) is 0 Å². The lowest BCUT2D eigenvalue weighted by molar-refractivity contribution is 0.187. The topological polar surface area (TPSA) is 46.2 Å². The minimum absolute atomic E-state index is 0.302. The smallest absolute Gasteiger partial charge is 0.0920 e. The predicted molar refractivity (Wildman–Crippen MR) is 43.1 cm³/mol. The molecule has 56 valence electrons. The monoisotopic (exact) mass is 157 g/mol. The molecule has 0 aliphatic heterocycles. The Labute approximate surface area is 64.3 Å². The van der Waals surface area contributed by atoms with Crippen LogP contribution in [0.25, 0.3) is 0 Å². The first-order valence-corrected chi connectivity index (χ1v) is 4.05. The molecule has 0 aliphatic rings. The van der Waals surface area contributed by atoms with Crippen molar-refractivity contribution in [1.82, 2.24) is 0 Å². The number of thiophene rings is 1. The summed E-state index contributed by atoms with van der Waals surface area (Å²) < 4.78 is 0. The van der Waals surface area contributed by atoms with Crippen molar-refractivity contribution in [3.05, 3.63) is 21.9 Å². The predicted octanol–water partition coefficient (Wildman–Crippen LogP) is 1.05. The molecule has 0 spiro atoms. The summed E-state index contributed by atoms with van der Waals surface area (Å²) in [5, 5.41) is 11.2. The highest BCUT2D eigenvalue weighted by Gasteiger charge is 2.05. The van der Waals surface area contributed by atoms with E-state index < -0.39 is 6.10 Å². The van der Waals surface area contributed by atoms with Crippen molar-refractivity contribution in [2.24, 2.45) is 5.73 Å². The highest BCUT2D eigenvalue weighted by atomic mass is 32.1. The fourth-order valence-electron chi connectivity index (χ4n) is 0.775. The van der Waals surface area contributed by atoms with Crippen LogP contribution in [0.5, 0.6) is 0 Å². The Morgan fingerprint density at radius 2 is 2.50 bits per heavy atom. The molecule has 3 heteroatoms. The molecule has 0 aromatic carbocycles. The summed E-state index contributed by atoms with van der Waals surface area (Å²) in [4.78, 5) is 1.21. The van der Waals surface area contributed by atoms with Crippen molar-refractivity contribution in [3.63, 3.8) is 0 Å². The molecule has 3 N–H and O–H groups in total. The van der Waals surface area contributed by atoms with Crippen LogP contribution in [0.2, 0.25) is 0 Å². The van der Waals surface area contributed by atoms with Gasteiger partial charge in [-0.1, -0.05) is 0 Å². The lowest BCUT2D eigenvalue weighted by atomic mass is 10.2. The third-order valence-corrected chi connectivity index (χ3v) is 2.24. The van der Waals surface area contributed by atoms with Crippen LogP contribution in [0, 0.1) is 6.92 Å². The molecule has 2 nitrogen and oxygen atoms in total. The number of aliphatic hydroxyl groups is 1. The van der Waals surface area contributed by atoms with Gasteiger partial charge in [0.15, 0.2) is 0 Å². The van der Waals surface area contributed by atoms with Gasteiger partial charge >= 0.3 is 0 Å². The highest BCUT2D eigenvalue weighted by molar-refractivity contribution is 7.10. The van der Waals surface area contributed by atoms with E-state index in [0.717, 1.165) is 5.56 Å². The fraction of sp³-hybridized carbons (Fsp3) is 0.429. The first-order valence-electron chi connectivity index (χ1n) is 3.17. The van der Waals surface area contributed by atoms with Crippen LogP contribution >= 0.6 is 11.3 Å². The number of hydrogen-bond donors (Lipinski definition) is 2. The first-order chi connectivity index (χ1) is 4.74. The van der Waals surface area contributed by atoms with Crippen LogP contribution in [0.15, 0.2) is 11.4 Å². The molecule has 0 aliphatic carbocycles. The Hall–Kier alpha value is -0.380. The Balaban J connectivity index is 2.74. The quantitative estimate of drug-likeness (QED) is 0.674. The summed E-state index contributed by atoms with van der Waals surface area (Å²) in [5.74, 6) is 0. The Morgan fingerprint density at radius 1 is 1.80 bits per heavy atom. The van der Waals surface area contributed by atoms with E-state index in [0.29, 0.717) is 6.54 Å². The zero-order valence-electron chi connectivity index (χ0n) is 5.87. The van der Waals surface area contributed by atoms with Gasteiger partial charge in [0.25, 0.3) is 0 Å². The summed E-state index contributed by atoms with van der Waals surface area (Å²) in [5.41, 5.74) is 6.20.